The number of para-hydroxylation sites is 1. The third-order valence-corrected chi connectivity index (χ3v) is 4.64. The highest BCUT2D eigenvalue weighted by Crippen LogP contribution is 2.16. The highest BCUT2D eigenvalue weighted by molar-refractivity contribution is 9.10. The summed E-state index contributed by atoms with van der Waals surface area (Å²) in [5.41, 5.74) is 1.86. The number of rotatable bonds is 8. The van der Waals surface area contributed by atoms with E-state index in [0.717, 1.165) is 15.6 Å². The number of carbonyl (C=O) groups excluding carboxylic acids is 3. The van der Waals surface area contributed by atoms with Crippen LogP contribution in [0.5, 0.6) is 0 Å². The Balaban J connectivity index is 1.81. The average molecular weight is 490 g/mol. The molecule has 0 unspecified atom stereocenters. The van der Waals surface area contributed by atoms with Crippen LogP contribution in [0, 0.1) is 0 Å². The smallest absolute Gasteiger partial charge is 0.408 e. The zero-order valence-corrected chi connectivity index (χ0v) is 19.5. The molecule has 31 heavy (non-hydrogen) atoms. The van der Waals surface area contributed by atoms with Crippen molar-refractivity contribution in [2.24, 2.45) is 0 Å². The molecule has 0 fully saturated rings. The Labute approximate surface area is 191 Å². The van der Waals surface area contributed by atoms with Gasteiger partial charge in [-0.15, -0.1) is 0 Å². The molecule has 3 N–H and O–H groups in total. The number of hydrogen-bond donors (Lipinski definition) is 3. The van der Waals surface area contributed by atoms with Crippen LogP contribution in [0.25, 0.3) is 0 Å². The Morgan fingerprint density at radius 3 is 2.29 bits per heavy atom. The lowest BCUT2D eigenvalue weighted by Crippen LogP contribution is -2.39. The highest BCUT2D eigenvalue weighted by atomic mass is 79.9. The van der Waals surface area contributed by atoms with E-state index in [1.165, 1.54) is 0 Å². The van der Waals surface area contributed by atoms with E-state index in [1.54, 1.807) is 26.8 Å². The van der Waals surface area contributed by atoms with Gasteiger partial charge >= 0.3 is 6.09 Å². The summed E-state index contributed by atoms with van der Waals surface area (Å²) in [5.74, 6) is -0.462. The summed E-state index contributed by atoms with van der Waals surface area (Å²) in [6.45, 7) is 5.26. The second kappa shape index (κ2) is 11.5. The molecule has 0 atom stereocenters. The number of alkyl carbamates (subject to hydrolysis) is 1. The molecule has 2 rings (SSSR count). The van der Waals surface area contributed by atoms with E-state index in [-0.39, 0.29) is 24.9 Å². The van der Waals surface area contributed by atoms with Crippen molar-refractivity contribution in [2.45, 2.75) is 45.8 Å². The lowest BCUT2D eigenvalue weighted by Gasteiger charge is -2.19. The van der Waals surface area contributed by atoms with Crippen molar-refractivity contribution >= 4 is 39.5 Å². The zero-order valence-electron chi connectivity index (χ0n) is 18.0. The first-order chi connectivity index (χ1) is 14.6. The van der Waals surface area contributed by atoms with Gasteiger partial charge in [0.15, 0.2) is 0 Å². The number of hydrogen-bond acceptors (Lipinski definition) is 4. The van der Waals surface area contributed by atoms with Crippen LogP contribution in [0.15, 0.2) is 53.0 Å². The summed E-state index contributed by atoms with van der Waals surface area (Å²) in [6.07, 6.45) is 0.331. The van der Waals surface area contributed by atoms with Crippen LogP contribution in [0.3, 0.4) is 0 Å². The largest absolute Gasteiger partial charge is 0.444 e. The molecule has 0 spiro atoms. The highest BCUT2D eigenvalue weighted by Gasteiger charge is 2.16. The molecule has 0 aliphatic heterocycles. The second-order valence-corrected chi connectivity index (χ2v) is 8.88. The minimum atomic E-state index is -0.652. The van der Waals surface area contributed by atoms with Gasteiger partial charge in [-0.05, 0) is 56.5 Å². The fraction of sp³-hybridized carbons (Fsp3) is 0.348. The molecule has 0 radical (unpaired) electrons. The molecular formula is C23H28BrN3O4. The van der Waals surface area contributed by atoms with Crippen molar-refractivity contribution in [1.29, 1.82) is 0 Å². The summed E-state index contributed by atoms with van der Waals surface area (Å²) in [7, 11) is 0. The molecule has 0 saturated carbocycles. The summed E-state index contributed by atoms with van der Waals surface area (Å²) in [5, 5.41) is 8.04. The molecule has 0 aliphatic rings. The maximum atomic E-state index is 12.4. The van der Waals surface area contributed by atoms with Gasteiger partial charge in [0.1, 0.15) is 12.1 Å². The monoisotopic (exact) mass is 489 g/mol. The fourth-order valence-corrected chi connectivity index (χ4v) is 2.91. The Hall–Kier alpha value is -2.87. The third-order valence-electron chi connectivity index (χ3n) is 4.11. The topological polar surface area (TPSA) is 96.5 Å². The van der Waals surface area contributed by atoms with Crippen LogP contribution in [-0.2, 0) is 27.3 Å². The lowest BCUT2D eigenvalue weighted by molar-refractivity contribution is -0.120. The Morgan fingerprint density at radius 1 is 0.935 bits per heavy atom. The van der Waals surface area contributed by atoms with E-state index in [2.05, 4.69) is 31.9 Å². The van der Waals surface area contributed by atoms with Gasteiger partial charge in [-0.25, -0.2) is 4.79 Å². The summed E-state index contributed by atoms with van der Waals surface area (Å²) < 4.78 is 6.09. The molecule has 0 aromatic heterocycles. The fourth-order valence-electron chi connectivity index (χ4n) is 2.64. The van der Waals surface area contributed by atoms with E-state index in [4.69, 9.17) is 4.74 Å². The molecule has 0 heterocycles. The van der Waals surface area contributed by atoms with Crippen LogP contribution in [0.1, 0.15) is 38.3 Å². The van der Waals surface area contributed by atoms with E-state index in [1.807, 2.05) is 42.5 Å². The Kier molecular flexibility index (Phi) is 9.05. The minimum absolute atomic E-state index is 0.103. The van der Waals surface area contributed by atoms with Gasteiger partial charge in [0.2, 0.25) is 11.8 Å². The lowest BCUT2D eigenvalue weighted by atomic mass is 10.1. The predicted molar refractivity (Wildman–Crippen MR) is 124 cm³/mol. The zero-order chi connectivity index (χ0) is 22.9. The number of aryl methyl sites for hydroxylation is 1. The normalized spacial score (nSPS) is 10.8. The predicted octanol–water partition coefficient (Wildman–Crippen LogP) is 4.16. The summed E-state index contributed by atoms with van der Waals surface area (Å²) in [4.78, 5) is 36.0. The number of carbonyl (C=O) groups is 3. The number of anilines is 1. The maximum absolute atomic E-state index is 12.4. The van der Waals surface area contributed by atoms with Crippen molar-refractivity contribution in [2.75, 3.05) is 11.9 Å². The quantitative estimate of drug-likeness (QED) is 0.518. The summed E-state index contributed by atoms with van der Waals surface area (Å²) in [6, 6.07) is 15.1. The maximum Gasteiger partial charge on any atom is 0.408 e. The Morgan fingerprint density at radius 2 is 1.61 bits per heavy atom. The molecule has 0 saturated heterocycles. The molecular weight excluding hydrogens is 462 g/mol. The van der Waals surface area contributed by atoms with Crippen LogP contribution < -0.4 is 16.0 Å². The SMILES string of the molecule is CC(C)(C)OC(=O)NCC(=O)NCc1ccccc1NC(=O)CCc1ccc(Br)cc1. The molecule has 0 bridgehead atoms. The van der Waals surface area contributed by atoms with Gasteiger partial charge in [0.05, 0.1) is 0 Å². The number of amides is 3. The molecule has 2 aromatic rings. The van der Waals surface area contributed by atoms with Crippen LogP contribution in [0.4, 0.5) is 10.5 Å². The number of ether oxygens (including phenoxy) is 1. The Bertz CT molecular complexity index is 908. The van der Waals surface area contributed by atoms with Gasteiger partial charge < -0.3 is 20.7 Å². The second-order valence-electron chi connectivity index (χ2n) is 7.96. The molecule has 7 nitrogen and oxygen atoms in total. The molecule has 8 heteroatoms. The number of halogens is 1. The van der Waals surface area contributed by atoms with Gasteiger partial charge in [0.25, 0.3) is 0 Å². The van der Waals surface area contributed by atoms with Crippen LogP contribution in [-0.4, -0.2) is 30.1 Å². The van der Waals surface area contributed by atoms with Crippen molar-refractivity contribution < 1.29 is 19.1 Å². The van der Waals surface area contributed by atoms with Gasteiger partial charge in [0, 0.05) is 23.1 Å². The van der Waals surface area contributed by atoms with Crippen molar-refractivity contribution in [3.8, 4) is 0 Å². The van der Waals surface area contributed by atoms with E-state index in [0.29, 0.717) is 18.5 Å². The van der Waals surface area contributed by atoms with Gasteiger partial charge in [-0.3, -0.25) is 9.59 Å². The third kappa shape index (κ3) is 9.65. The number of benzene rings is 2. The van der Waals surface area contributed by atoms with Crippen molar-refractivity contribution in [1.82, 2.24) is 10.6 Å². The van der Waals surface area contributed by atoms with Crippen LogP contribution >= 0.6 is 15.9 Å². The molecule has 0 aliphatic carbocycles. The molecule has 2 aromatic carbocycles. The van der Waals surface area contributed by atoms with E-state index < -0.39 is 11.7 Å². The first-order valence-electron chi connectivity index (χ1n) is 9.98. The first kappa shape index (κ1) is 24.4. The van der Waals surface area contributed by atoms with Crippen LogP contribution in [0.2, 0.25) is 0 Å². The average Bonchev–Trinajstić information content (AvgIpc) is 2.70. The molecule has 3 amide bonds. The standard InChI is InChI=1S/C23H28BrN3O4/c1-23(2,3)31-22(30)26-15-21(29)25-14-17-6-4-5-7-19(17)27-20(28)13-10-16-8-11-18(24)12-9-16/h4-9,11-12H,10,13-15H2,1-3H3,(H,25,29)(H,26,30)(H,27,28). The van der Waals surface area contributed by atoms with Gasteiger partial charge in [-0.1, -0.05) is 46.3 Å². The van der Waals surface area contributed by atoms with E-state index in [9.17, 15) is 14.4 Å². The van der Waals surface area contributed by atoms with E-state index >= 15 is 0 Å². The molecule has 166 valence electrons. The van der Waals surface area contributed by atoms with Gasteiger partial charge in [-0.2, -0.15) is 0 Å². The number of nitrogens with one attached hydrogen (secondary N) is 3. The van der Waals surface area contributed by atoms with Crippen molar-refractivity contribution in [3.63, 3.8) is 0 Å². The van der Waals surface area contributed by atoms with Crippen molar-refractivity contribution in [3.05, 3.63) is 64.1 Å². The first-order valence-corrected chi connectivity index (χ1v) is 10.8. The minimum Gasteiger partial charge on any atom is -0.444 e. The summed E-state index contributed by atoms with van der Waals surface area (Å²) >= 11 is 3.39.